The first kappa shape index (κ1) is 19.8. The van der Waals surface area contributed by atoms with Crippen LogP contribution in [0.15, 0.2) is 84.1 Å². The first-order valence-electron chi connectivity index (χ1n) is 8.74. The van der Waals surface area contributed by atoms with Crippen LogP contribution in [0.5, 0.6) is 0 Å². The summed E-state index contributed by atoms with van der Waals surface area (Å²) in [5.41, 5.74) is 1.37. The van der Waals surface area contributed by atoms with Crippen molar-refractivity contribution >= 4 is 26.6 Å². The van der Waals surface area contributed by atoms with E-state index in [1.54, 1.807) is 42.7 Å². The van der Waals surface area contributed by atoms with Gasteiger partial charge in [0, 0.05) is 29.5 Å². The highest BCUT2D eigenvalue weighted by molar-refractivity contribution is 7.92. The second kappa shape index (κ2) is 7.42. The molecule has 0 aliphatic rings. The fraction of sp³-hybridized carbons (Fsp3) is 0.0476. The molecule has 2 aromatic heterocycles. The Morgan fingerprint density at radius 2 is 1.60 bits per heavy atom. The normalized spacial score (nSPS) is 12.1. The van der Waals surface area contributed by atoms with E-state index in [0.717, 1.165) is 35.4 Å². The summed E-state index contributed by atoms with van der Waals surface area (Å²) < 4.78 is 66.1. The fourth-order valence-corrected chi connectivity index (χ4v) is 4.12. The van der Waals surface area contributed by atoms with Crippen LogP contribution < -0.4 is 4.72 Å². The molecule has 1 N–H and O–H groups in total. The molecule has 5 nitrogen and oxygen atoms in total. The molecule has 0 amide bonds. The monoisotopic (exact) mass is 429 g/mol. The summed E-state index contributed by atoms with van der Waals surface area (Å²) >= 11 is 0. The molecule has 0 atom stereocenters. The maximum absolute atomic E-state index is 12.7. The Morgan fingerprint density at radius 3 is 2.27 bits per heavy atom. The van der Waals surface area contributed by atoms with Crippen LogP contribution in [-0.4, -0.2) is 18.4 Å². The highest BCUT2D eigenvalue weighted by atomic mass is 32.2. The van der Waals surface area contributed by atoms with E-state index < -0.39 is 21.8 Å². The van der Waals surface area contributed by atoms with Gasteiger partial charge in [-0.2, -0.15) is 13.2 Å². The fourth-order valence-electron chi connectivity index (χ4n) is 3.06. The lowest BCUT2D eigenvalue weighted by Crippen LogP contribution is -2.14. The molecule has 0 spiro atoms. The summed E-state index contributed by atoms with van der Waals surface area (Å²) in [5.74, 6) is 0. The smallest absolute Gasteiger partial charge is 0.277 e. The summed E-state index contributed by atoms with van der Waals surface area (Å²) in [7, 11) is -4.11. The zero-order valence-corrected chi connectivity index (χ0v) is 16.1. The predicted molar refractivity (Wildman–Crippen MR) is 107 cm³/mol. The van der Waals surface area contributed by atoms with E-state index in [9.17, 15) is 21.6 Å². The molecule has 0 fully saturated rings. The number of nitrogens with one attached hydrogen (secondary N) is 1. The maximum Gasteiger partial charge on any atom is 0.416 e. The van der Waals surface area contributed by atoms with E-state index in [4.69, 9.17) is 0 Å². The third kappa shape index (κ3) is 3.84. The zero-order chi connectivity index (χ0) is 21.4. The lowest BCUT2D eigenvalue weighted by Gasteiger charge is -2.13. The number of hydrogen-bond acceptors (Lipinski definition) is 4. The van der Waals surface area contributed by atoms with Gasteiger partial charge in [0.25, 0.3) is 10.0 Å². The number of rotatable bonds is 4. The highest BCUT2D eigenvalue weighted by Gasteiger charge is 2.30. The molecule has 0 bridgehead atoms. The average molecular weight is 429 g/mol. The SMILES string of the molecule is O=S(=O)(Nc1ccc(-c2cccnc2)c2cccnc12)c1ccc(C(F)(F)F)cc1. The molecule has 30 heavy (non-hydrogen) atoms. The van der Waals surface area contributed by atoms with Crippen LogP contribution >= 0.6 is 0 Å². The number of alkyl halides is 3. The van der Waals surface area contributed by atoms with E-state index in [0.29, 0.717) is 10.9 Å². The average Bonchev–Trinajstić information content (AvgIpc) is 2.74. The summed E-state index contributed by atoms with van der Waals surface area (Å²) in [6.07, 6.45) is 0.327. The maximum atomic E-state index is 12.7. The van der Waals surface area contributed by atoms with Gasteiger partial charge in [0.2, 0.25) is 0 Å². The minimum Gasteiger partial charge on any atom is -0.277 e. The van der Waals surface area contributed by atoms with Gasteiger partial charge in [0.1, 0.15) is 0 Å². The highest BCUT2D eigenvalue weighted by Crippen LogP contribution is 2.33. The summed E-state index contributed by atoms with van der Waals surface area (Å²) in [6, 6.07) is 13.8. The zero-order valence-electron chi connectivity index (χ0n) is 15.3. The molecule has 0 saturated carbocycles. The van der Waals surface area contributed by atoms with Crippen LogP contribution in [0.3, 0.4) is 0 Å². The van der Waals surface area contributed by atoms with Crippen molar-refractivity contribution in [1.82, 2.24) is 9.97 Å². The predicted octanol–water partition coefficient (Wildman–Crippen LogP) is 5.12. The quantitative estimate of drug-likeness (QED) is 0.489. The van der Waals surface area contributed by atoms with E-state index in [1.807, 2.05) is 6.07 Å². The van der Waals surface area contributed by atoms with Crippen molar-refractivity contribution in [3.05, 3.63) is 84.8 Å². The van der Waals surface area contributed by atoms with Crippen LogP contribution in [0.1, 0.15) is 5.56 Å². The molecule has 152 valence electrons. The van der Waals surface area contributed by atoms with Crippen LogP contribution in [0.4, 0.5) is 18.9 Å². The van der Waals surface area contributed by atoms with Gasteiger partial charge in [-0.3, -0.25) is 14.7 Å². The van der Waals surface area contributed by atoms with Gasteiger partial charge in [-0.15, -0.1) is 0 Å². The molecule has 9 heteroatoms. The van der Waals surface area contributed by atoms with Gasteiger partial charge in [-0.25, -0.2) is 8.42 Å². The van der Waals surface area contributed by atoms with Crippen LogP contribution in [0.25, 0.3) is 22.0 Å². The van der Waals surface area contributed by atoms with Gasteiger partial charge < -0.3 is 0 Å². The van der Waals surface area contributed by atoms with Gasteiger partial charge in [0.15, 0.2) is 0 Å². The Morgan fingerprint density at radius 1 is 0.867 bits per heavy atom. The van der Waals surface area contributed by atoms with Crippen LogP contribution in [0, 0.1) is 0 Å². The molecule has 2 aromatic carbocycles. The summed E-state index contributed by atoms with van der Waals surface area (Å²) in [6.45, 7) is 0. The Labute approximate surface area is 170 Å². The van der Waals surface area contributed by atoms with Crippen molar-refractivity contribution in [2.24, 2.45) is 0 Å². The molecule has 0 aliphatic carbocycles. The van der Waals surface area contributed by atoms with Gasteiger partial charge in [-0.1, -0.05) is 18.2 Å². The number of aromatic nitrogens is 2. The lowest BCUT2D eigenvalue weighted by molar-refractivity contribution is -0.137. The third-order valence-electron chi connectivity index (χ3n) is 4.48. The van der Waals surface area contributed by atoms with Crippen molar-refractivity contribution in [1.29, 1.82) is 0 Å². The van der Waals surface area contributed by atoms with E-state index >= 15 is 0 Å². The second-order valence-electron chi connectivity index (χ2n) is 6.43. The number of benzene rings is 2. The minimum atomic E-state index is -4.54. The van der Waals surface area contributed by atoms with Gasteiger partial charge in [0.05, 0.1) is 21.7 Å². The molecule has 4 rings (SSSR count). The van der Waals surface area contributed by atoms with E-state index in [-0.39, 0.29) is 10.6 Å². The Balaban J connectivity index is 1.74. The third-order valence-corrected chi connectivity index (χ3v) is 5.86. The second-order valence-corrected chi connectivity index (χ2v) is 8.11. The van der Waals surface area contributed by atoms with Crippen molar-refractivity contribution in [2.75, 3.05) is 4.72 Å². The van der Waals surface area contributed by atoms with Crippen LogP contribution in [-0.2, 0) is 16.2 Å². The van der Waals surface area contributed by atoms with Crippen molar-refractivity contribution < 1.29 is 21.6 Å². The molecule has 0 aliphatic heterocycles. The number of anilines is 1. The molecule has 0 saturated heterocycles. The minimum absolute atomic E-state index is 0.220. The molecule has 2 heterocycles. The molecular weight excluding hydrogens is 415 g/mol. The molecule has 0 radical (unpaired) electrons. The largest absolute Gasteiger partial charge is 0.416 e. The molecule has 4 aromatic rings. The van der Waals surface area contributed by atoms with Crippen LogP contribution in [0.2, 0.25) is 0 Å². The van der Waals surface area contributed by atoms with E-state index in [1.165, 1.54) is 6.20 Å². The van der Waals surface area contributed by atoms with Gasteiger partial charge in [-0.05, 0) is 48.0 Å². The number of sulfonamides is 1. The Hall–Kier alpha value is -3.46. The molecular formula is C21H14F3N3O2S. The molecule has 0 unspecified atom stereocenters. The van der Waals surface area contributed by atoms with Crippen molar-refractivity contribution in [3.63, 3.8) is 0 Å². The summed E-state index contributed by atoms with van der Waals surface area (Å²) in [4.78, 5) is 8.12. The first-order chi connectivity index (χ1) is 14.3. The standard InChI is InChI=1S/C21H14F3N3O2S/c22-21(23,24)15-5-7-16(8-6-15)30(28,29)27-19-10-9-17(14-3-1-11-25-13-14)18-4-2-12-26-20(18)19/h1-13,27H. The Kier molecular flexibility index (Phi) is 4.90. The number of fused-ring (bicyclic) bond motifs is 1. The number of pyridine rings is 2. The summed E-state index contributed by atoms with van der Waals surface area (Å²) in [5, 5.41) is 0.707. The van der Waals surface area contributed by atoms with Gasteiger partial charge >= 0.3 is 6.18 Å². The van der Waals surface area contributed by atoms with Crippen molar-refractivity contribution in [3.8, 4) is 11.1 Å². The van der Waals surface area contributed by atoms with E-state index in [2.05, 4.69) is 14.7 Å². The number of hydrogen-bond donors (Lipinski definition) is 1. The number of nitrogens with zero attached hydrogens (tertiary/aromatic N) is 2. The Bertz CT molecular complexity index is 1310. The lowest BCUT2D eigenvalue weighted by atomic mass is 10.0. The van der Waals surface area contributed by atoms with Crippen molar-refractivity contribution in [2.45, 2.75) is 11.1 Å². The topological polar surface area (TPSA) is 72.0 Å². The first-order valence-corrected chi connectivity index (χ1v) is 10.2. The number of halogens is 3.